The monoisotopic (exact) mass is 488 g/mol. The van der Waals surface area contributed by atoms with Gasteiger partial charge in [0, 0.05) is 27.5 Å². The Bertz CT molecular complexity index is 1190. The minimum Gasteiger partial charge on any atom is -0.449 e. The van der Waals surface area contributed by atoms with Crippen LogP contribution in [0.2, 0.25) is 10.0 Å². The third kappa shape index (κ3) is 4.94. The number of benzene rings is 2. The minimum atomic E-state index is -4.81. The molecule has 0 bridgehead atoms. The average molecular weight is 489 g/mol. The summed E-state index contributed by atoms with van der Waals surface area (Å²) in [5.41, 5.74) is 0.691. The van der Waals surface area contributed by atoms with E-state index in [1.165, 1.54) is 22.8 Å². The van der Waals surface area contributed by atoms with Crippen LogP contribution >= 0.6 is 23.2 Å². The number of aromatic nitrogens is 1. The summed E-state index contributed by atoms with van der Waals surface area (Å²) in [5, 5.41) is 11.3. The van der Waals surface area contributed by atoms with Crippen LogP contribution in [-0.2, 0) is 6.54 Å². The van der Waals surface area contributed by atoms with Gasteiger partial charge < -0.3 is 19.7 Å². The highest BCUT2D eigenvalue weighted by Crippen LogP contribution is 2.36. The SMILES string of the molecule is CCn1c(C(=O)NC(c2cc(Cl)cc(Cl)c2)C(F)(F)F)cc2cc(OC(=O)O)c(C)cc21. The van der Waals surface area contributed by atoms with E-state index in [2.05, 4.69) is 0 Å². The molecule has 11 heteroatoms. The summed E-state index contributed by atoms with van der Waals surface area (Å²) in [6.45, 7) is 3.63. The summed E-state index contributed by atoms with van der Waals surface area (Å²) in [6, 6.07) is 5.50. The van der Waals surface area contributed by atoms with Gasteiger partial charge in [0.05, 0.1) is 0 Å². The molecule has 2 aromatic carbocycles. The number of carbonyl (C=O) groups is 2. The van der Waals surface area contributed by atoms with Gasteiger partial charge >= 0.3 is 12.3 Å². The number of carbonyl (C=O) groups excluding carboxylic acids is 1. The van der Waals surface area contributed by atoms with Crippen LogP contribution < -0.4 is 10.1 Å². The van der Waals surface area contributed by atoms with Gasteiger partial charge in [-0.15, -0.1) is 0 Å². The van der Waals surface area contributed by atoms with Crippen LogP contribution in [0, 0.1) is 6.92 Å². The van der Waals surface area contributed by atoms with Crippen molar-refractivity contribution in [3.8, 4) is 5.75 Å². The fourth-order valence-electron chi connectivity index (χ4n) is 3.43. The Labute approximate surface area is 190 Å². The van der Waals surface area contributed by atoms with Crippen LogP contribution in [0.15, 0.2) is 36.4 Å². The number of amides is 1. The molecule has 3 rings (SSSR count). The Hall–Kier alpha value is -2.91. The molecule has 3 aromatic rings. The molecule has 6 nitrogen and oxygen atoms in total. The molecule has 0 aliphatic carbocycles. The molecule has 0 saturated carbocycles. The summed E-state index contributed by atoms with van der Waals surface area (Å²) in [7, 11) is 0. The third-order valence-electron chi connectivity index (χ3n) is 4.77. The second-order valence-electron chi connectivity index (χ2n) is 6.97. The van der Waals surface area contributed by atoms with E-state index in [1.807, 2.05) is 5.32 Å². The number of nitrogens with zero attached hydrogens (tertiary/aromatic N) is 1. The maximum atomic E-state index is 13.8. The highest BCUT2D eigenvalue weighted by Gasteiger charge is 2.42. The van der Waals surface area contributed by atoms with Crippen molar-refractivity contribution >= 4 is 46.2 Å². The lowest BCUT2D eigenvalue weighted by Crippen LogP contribution is -2.38. The predicted octanol–water partition coefficient (Wildman–Crippen LogP) is 6.37. The number of rotatable bonds is 5. The highest BCUT2D eigenvalue weighted by molar-refractivity contribution is 6.34. The van der Waals surface area contributed by atoms with Crippen molar-refractivity contribution in [1.82, 2.24) is 9.88 Å². The lowest BCUT2D eigenvalue weighted by molar-refractivity contribution is -0.155. The quantitative estimate of drug-likeness (QED) is 0.323. The Balaban J connectivity index is 2.04. The van der Waals surface area contributed by atoms with E-state index >= 15 is 0 Å². The molecular formula is C21H17Cl2F3N2O4. The second kappa shape index (κ2) is 8.91. The Morgan fingerprint density at radius 1 is 1.12 bits per heavy atom. The molecule has 1 heterocycles. The molecule has 2 N–H and O–H groups in total. The van der Waals surface area contributed by atoms with Crippen LogP contribution in [0.5, 0.6) is 5.75 Å². The van der Waals surface area contributed by atoms with Gasteiger partial charge in [-0.25, -0.2) is 4.79 Å². The van der Waals surface area contributed by atoms with Gasteiger partial charge in [-0.1, -0.05) is 23.2 Å². The number of aryl methyl sites for hydroxylation is 2. The molecule has 1 unspecified atom stereocenters. The number of carboxylic acid groups (broad SMARTS) is 1. The molecule has 170 valence electrons. The Morgan fingerprint density at radius 3 is 2.28 bits per heavy atom. The molecule has 0 aliphatic rings. The minimum absolute atomic E-state index is 0.0000981. The summed E-state index contributed by atoms with van der Waals surface area (Å²) in [4.78, 5) is 23.8. The average Bonchev–Trinajstić information content (AvgIpc) is 3.01. The number of halogens is 5. The molecule has 0 spiro atoms. The lowest BCUT2D eigenvalue weighted by Gasteiger charge is -2.23. The Morgan fingerprint density at radius 2 is 1.75 bits per heavy atom. The molecule has 1 atom stereocenters. The van der Waals surface area contributed by atoms with Crippen molar-refractivity contribution in [3.63, 3.8) is 0 Å². The van der Waals surface area contributed by atoms with Crippen LogP contribution in [0.25, 0.3) is 10.9 Å². The lowest BCUT2D eigenvalue weighted by atomic mass is 10.1. The molecular weight excluding hydrogens is 472 g/mol. The summed E-state index contributed by atoms with van der Waals surface area (Å²) < 4.78 is 47.6. The maximum absolute atomic E-state index is 13.8. The van der Waals surface area contributed by atoms with E-state index in [1.54, 1.807) is 19.9 Å². The molecule has 0 saturated heterocycles. The maximum Gasteiger partial charge on any atom is 0.511 e. The third-order valence-corrected chi connectivity index (χ3v) is 5.20. The van der Waals surface area contributed by atoms with E-state index < -0.39 is 24.3 Å². The molecule has 1 amide bonds. The number of hydrogen-bond donors (Lipinski definition) is 2. The molecule has 0 radical (unpaired) electrons. The number of hydrogen-bond acceptors (Lipinski definition) is 3. The standard InChI is InChI=1S/C21H17Cl2F3N2O4/c1-3-28-15-4-10(2)17(32-20(30)31)8-11(15)7-16(28)19(29)27-18(21(24,25)26)12-5-13(22)9-14(23)6-12/h4-9,18H,3H2,1-2H3,(H,27,29)(H,30,31). The second-order valence-corrected chi connectivity index (χ2v) is 7.84. The molecule has 1 aromatic heterocycles. The van der Waals surface area contributed by atoms with Crippen LogP contribution in [0.3, 0.4) is 0 Å². The van der Waals surface area contributed by atoms with Gasteiger partial charge in [0.2, 0.25) is 0 Å². The zero-order valence-electron chi connectivity index (χ0n) is 16.8. The summed E-state index contributed by atoms with van der Waals surface area (Å²) in [5.74, 6) is -0.910. The first-order chi connectivity index (χ1) is 14.9. The van der Waals surface area contributed by atoms with Crippen LogP contribution in [-0.4, -0.2) is 27.9 Å². The molecule has 0 fully saturated rings. The topological polar surface area (TPSA) is 80.6 Å². The van der Waals surface area contributed by atoms with Crippen molar-refractivity contribution < 1.29 is 32.6 Å². The van der Waals surface area contributed by atoms with Gasteiger partial charge in [-0.3, -0.25) is 4.79 Å². The largest absolute Gasteiger partial charge is 0.511 e. The van der Waals surface area contributed by atoms with E-state index in [0.29, 0.717) is 16.5 Å². The smallest absolute Gasteiger partial charge is 0.449 e. The van der Waals surface area contributed by atoms with Gasteiger partial charge in [0.1, 0.15) is 11.4 Å². The fourth-order valence-corrected chi connectivity index (χ4v) is 3.97. The zero-order valence-corrected chi connectivity index (χ0v) is 18.3. The normalized spacial score (nSPS) is 12.6. The van der Waals surface area contributed by atoms with E-state index in [9.17, 15) is 22.8 Å². The number of ether oxygens (including phenoxy) is 1. The fraction of sp³-hybridized carbons (Fsp3) is 0.238. The van der Waals surface area contributed by atoms with Crippen molar-refractivity contribution in [2.75, 3.05) is 0 Å². The van der Waals surface area contributed by atoms with Crippen molar-refractivity contribution in [2.45, 2.75) is 32.6 Å². The summed E-state index contributed by atoms with van der Waals surface area (Å²) >= 11 is 11.7. The van der Waals surface area contributed by atoms with Gasteiger partial charge in [-0.2, -0.15) is 13.2 Å². The van der Waals surface area contributed by atoms with Crippen LogP contribution in [0.4, 0.5) is 18.0 Å². The first kappa shape index (κ1) is 23.7. The number of alkyl halides is 3. The molecule has 0 aliphatic heterocycles. The van der Waals surface area contributed by atoms with Crippen molar-refractivity contribution in [2.24, 2.45) is 0 Å². The van der Waals surface area contributed by atoms with Gasteiger partial charge in [0.25, 0.3) is 5.91 Å². The zero-order chi connectivity index (χ0) is 23.8. The first-order valence-electron chi connectivity index (χ1n) is 9.29. The highest BCUT2D eigenvalue weighted by atomic mass is 35.5. The van der Waals surface area contributed by atoms with Crippen LogP contribution in [0.1, 0.15) is 34.6 Å². The predicted molar refractivity (Wildman–Crippen MR) is 114 cm³/mol. The Kier molecular flexibility index (Phi) is 6.61. The van der Waals surface area contributed by atoms with E-state index in [0.717, 1.165) is 12.1 Å². The van der Waals surface area contributed by atoms with Gasteiger partial charge in [0.15, 0.2) is 6.04 Å². The number of nitrogens with one attached hydrogen (secondary N) is 1. The number of fused-ring (bicyclic) bond motifs is 1. The molecule has 32 heavy (non-hydrogen) atoms. The van der Waals surface area contributed by atoms with E-state index in [4.69, 9.17) is 33.0 Å². The van der Waals surface area contributed by atoms with Gasteiger partial charge in [-0.05, 0) is 61.4 Å². The first-order valence-corrected chi connectivity index (χ1v) is 10.0. The van der Waals surface area contributed by atoms with E-state index in [-0.39, 0.29) is 33.6 Å². The van der Waals surface area contributed by atoms with Crippen molar-refractivity contribution in [1.29, 1.82) is 0 Å². The summed E-state index contributed by atoms with van der Waals surface area (Å²) in [6.07, 6.45) is -6.32. The van der Waals surface area contributed by atoms with Crippen molar-refractivity contribution in [3.05, 3.63) is 63.3 Å².